The highest BCUT2D eigenvalue weighted by atomic mass is 16.1. The summed E-state index contributed by atoms with van der Waals surface area (Å²) in [6.45, 7) is 5.63. The fourth-order valence-corrected chi connectivity index (χ4v) is 3.87. The molecule has 4 rings (SSSR count). The summed E-state index contributed by atoms with van der Waals surface area (Å²) in [6.07, 6.45) is 4.15. The van der Waals surface area contributed by atoms with Crippen LogP contribution < -0.4 is 16.0 Å². The summed E-state index contributed by atoms with van der Waals surface area (Å²) in [4.78, 5) is 19.3. The normalized spacial score (nSPS) is 16.1. The van der Waals surface area contributed by atoms with Crippen molar-refractivity contribution in [1.29, 1.82) is 0 Å². The zero-order valence-electron chi connectivity index (χ0n) is 16.4. The molecule has 0 unspecified atom stereocenters. The number of hydrogen-bond acceptors (Lipinski definition) is 4. The lowest BCUT2D eigenvalue weighted by atomic mass is 9.99. The van der Waals surface area contributed by atoms with Crippen LogP contribution in [0.5, 0.6) is 0 Å². The molecule has 1 amide bonds. The number of anilines is 1. The molecule has 6 heteroatoms. The zero-order chi connectivity index (χ0) is 19.5. The Balaban J connectivity index is 1.63. The van der Waals surface area contributed by atoms with Crippen LogP contribution >= 0.6 is 0 Å². The number of H-pyrrole nitrogens is 1. The van der Waals surface area contributed by atoms with Crippen LogP contribution in [0, 0.1) is 0 Å². The number of amides is 1. The third-order valence-electron chi connectivity index (χ3n) is 5.36. The van der Waals surface area contributed by atoms with Gasteiger partial charge in [0.2, 0.25) is 5.91 Å². The van der Waals surface area contributed by atoms with Crippen LogP contribution in [0.25, 0.3) is 22.2 Å². The minimum Gasteiger partial charge on any atom is -0.367 e. The van der Waals surface area contributed by atoms with E-state index in [1.165, 1.54) is 0 Å². The van der Waals surface area contributed by atoms with Crippen molar-refractivity contribution in [3.63, 3.8) is 0 Å². The highest BCUT2D eigenvalue weighted by Crippen LogP contribution is 2.31. The first-order valence-electron chi connectivity index (χ1n) is 9.93. The molecule has 1 atom stereocenters. The zero-order valence-corrected chi connectivity index (χ0v) is 16.4. The summed E-state index contributed by atoms with van der Waals surface area (Å²) < 4.78 is 0. The highest BCUT2D eigenvalue weighted by molar-refractivity contribution is 5.94. The molecule has 1 aliphatic rings. The third-order valence-corrected chi connectivity index (χ3v) is 5.36. The number of pyridine rings is 1. The number of carbonyl (C=O) groups excluding carboxylic acids is 1. The monoisotopic (exact) mass is 377 g/mol. The van der Waals surface area contributed by atoms with E-state index in [0.717, 1.165) is 59.5 Å². The van der Waals surface area contributed by atoms with E-state index in [1.54, 1.807) is 6.92 Å². The molecular weight excluding hydrogens is 350 g/mol. The van der Waals surface area contributed by atoms with Crippen LogP contribution in [0.1, 0.15) is 38.3 Å². The largest absolute Gasteiger partial charge is 0.367 e. The number of benzene rings is 1. The highest BCUT2D eigenvalue weighted by Gasteiger charge is 2.15. The second-order valence-corrected chi connectivity index (χ2v) is 7.51. The molecule has 1 fully saturated rings. The van der Waals surface area contributed by atoms with Crippen LogP contribution in [0.4, 0.5) is 5.82 Å². The van der Waals surface area contributed by atoms with Gasteiger partial charge in [-0.2, -0.15) is 0 Å². The minimum absolute atomic E-state index is 0.00611. The maximum absolute atomic E-state index is 11.3. The van der Waals surface area contributed by atoms with Gasteiger partial charge in [-0.05, 0) is 61.7 Å². The number of hydrogen-bond donors (Lipinski definition) is 4. The number of aromatic nitrogens is 2. The molecule has 0 aliphatic carbocycles. The van der Waals surface area contributed by atoms with Gasteiger partial charge in [-0.25, -0.2) is 4.98 Å². The van der Waals surface area contributed by atoms with E-state index >= 15 is 0 Å². The van der Waals surface area contributed by atoms with Gasteiger partial charge in [-0.15, -0.1) is 0 Å². The van der Waals surface area contributed by atoms with E-state index in [-0.39, 0.29) is 11.9 Å². The van der Waals surface area contributed by atoms with Gasteiger partial charge in [0.15, 0.2) is 0 Å². The van der Waals surface area contributed by atoms with Crippen LogP contribution in [0.3, 0.4) is 0 Å². The fraction of sp³-hybridized carbons (Fsp3) is 0.364. The maximum Gasteiger partial charge on any atom is 0.217 e. The number of aromatic amines is 1. The van der Waals surface area contributed by atoms with Crippen LogP contribution in [-0.4, -0.2) is 35.0 Å². The van der Waals surface area contributed by atoms with Crippen molar-refractivity contribution in [3.05, 3.63) is 48.2 Å². The van der Waals surface area contributed by atoms with Gasteiger partial charge in [-0.3, -0.25) is 4.79 Å². The molecule has 0 radical (unpaired) electrons. The number of nitrogens with one attached hydrogen (secondary N) is 4. The molecule has 3 heterocycles. The van der Waals surface area contributed by atoms with Gasteiger partial charge in [0.25, 0.3) is 0 Å². The van der Waals surface area contributed by atoms with E-state index in [2.05, 4.69) is 57.3 Å². The SMILES string of the molecule is CC(=O)N[C@H](C)c1ccc(-c2cc(NC3CCNCC3)nc3[nH]ccc23)cc1. The van der Waals surface area contributed by atoms with Crippen molar-refractivity contribution >= 4 is 22.8 Å². The van der Waals surface area contributed by atoms with E-state index in [0.29, 0.717) is 6.04 Å². The Hall–Kier alpha value is -2.86. The molecule has 0 saturated carbocycles. The molecule has 146 valence electrons. The van der Waals surface area contributed by atoms with Crippen molar-refractivity contribution in [2.75, 3.05) is 18.4 Å². The molecule has 28 heavy (non-hydrogen) atoms. The predicted molar refractivity (Wildman–Crippen MR) is 113 cm³/mol. The number of nitrogens with zero attached hydrogens (tertiary/aromatic N) is 1. The van der Waals surface area contributed by atoms with E-state index < -0.39 is 0 Å². The van der Waals surface area contributed by atoms with Gasteiger partial charge >= 0.3 is 0 Å². The predicted octanol–water partition coefficient (Wildman–Crippen LogP) is 3.59. The van der Waals surface area contributed by atoms with Crippen molar-refractivity contribution < 1.29 is 4.79 Å². The summed E-state index contributed by atoms with van der Waals surface area (Å²) in [5.41, 5.74) is 4.27. The van der Waals surface area contributed by atoms with Crippen LogP contribution in [-0.2, 0) is 4.79 Å². The first kappa shape index (κ1) is 18.5. The number of carbonyl (C=O) groups is 1. The molecule has 1 aromatic carbocycles. The molecule has 4 N–H and O–H groups in total. The molecule has 0 spiro atoms. The number of rotatable bonds is 5. The van der Waals surface area contributed by atoms with Gasteiger partial charge < -0.3 is 20.9 Å². The van der Waals surface area contributed by atoms with Gasteiger partial charge in [0, 0.05) is 24.5 Å². The molecular formula is C22H27N5O. The topological polar surface area (TPSA) is 81.8 Å². The van der Waals surface area contributed by atoms with Crippen molar-refractivity contribution in [1.82, 2.24) is 20.6 Å². The average molecular weight is 377 g/mol. The van der Waals surface area contributed by atoms with Gasteiger partial charge in [0.05, 0.1) is 6.04 Å². The smallest absolute Gasteiger partial charge is 0.217 e. The summed E-state index contributed by atoms with van der Waals surface area (Å²) in [5.74, 6) is 0.890. The fourth-order valence-electron chi connectivity index (χ4n) is 3.87. The average Bonchev–Trinajstić information content (AvgIpc) is 3.16. The Morgan fingerprint density at radius 2 is 1.93 bits per heavy atom. The molecule has 1 aliphatic heterocycles. The van der Waals surface area contributed by atoms with E-state index in [9.17, 15) is 4.79 Å². The minimum atomic E-state index is -0.0200. The Morgan fingerprint density at radius 3 is 2.64 bits per heavy atom. The second-order valence-electron chi connectivity index (χ2n) is 7.51. The molecule has 3 aromatic rings. The van der Waals surface area contributed by atoms with Gasteiger partial charge in [-0.1, -0.05) is 24.3 Å². The second kappa shape index (κ2) is 8.02. The summed E-state index contributed by atoms with van der Waals surface area (Å²) in [7, 11) is 0. The van der Waals surface area contributed by atoms with Crippen LogP contribution in [0.2, 0.25) is 0 Å². The lowest BCUT2D eigenvalue weighted by Crippen LogP contribution is -2.35. The number of fused-ring (bicyclic) bond motifs is 1. The standard InChI is InChI=1S/C22H27N5O/c1-14(25-15(2)28)16-3-5-17(6-4-16)20-13-21(26-18-7-10-23-11-8-18)27-22-19(20)9-12-24-22/h3-6,9,12-14,18,23H,7-8,10-11H2,1-2H3,(H,25,28)(H2,24,26,27)/t14-/m1/s1. The molecule has 1 saturated heterocycles. The van der Waals surface area contributed by atoms with Crippen molar-refractivity contribution in [2.45, 2.75) is 38.8 Å². The van der Waals surface area contributed by atoms with E-state index in [4.69, 9.17) is 4.98 Å². The molecule has 2 aromatic heterocycles. The quantitative estimate of drug-likeness (QED) is 0.548. The lowest BCUT2D eigenvalue weighted by Gasteiger charge is -2.24. The summed E-state index contributed by atoms with van der Waals surface area (Å²) in [6, 6.07) is 13.0. The van der Waals surface area contributed by atoms with Crippen molar-refractivity contribution in [3.8, 4) is 11.1 Å². The third kappa shape index (κ3) is 4.02. The first-order valence-corrected chi connectivity index (χ1v) is 9.93. The summed E-state index contributed by atoms with van der Waals surface area (Å²) in [5, 5.41) is 11.0. The Labute approximate surface area is 165 Å². The van der Waals surface area contributed by atoms with E-state index in [1.807, 2.05) is 13.1 Å². The Morgan fingerprint density at radius 1 is 1.18 bits per heavy atom. The molecule has 6 nitrogen and oxygen atoms in total. The lowest BCUT2D eigenvalue weighted by molar-refractivity contribution is -0.119. The summed E-state index contributed by atoms with van der Waals surface area (Å²) >= 11 is 0. The maximum atomic E-state index is 11.3. The Bertz CT molecular complexity index is 957. The molecule has 0 bridgehead atoms. The number of piperidine rings is 1. The van der Waals surface area contributed by atoms with Crippen LogP contribution in [0.15, 0.2) is 42.6 Å². The van der Waals surface area contributed by atoms with Gasteiger partial charge in [0.1, 0.15) is 11.5 Å². The first-order chi connectivity index (χ1) is 13.6. The Kier molecular flexibility index (Phi) is 5.30. The van der Waals surface area contributed by atoms with Crippen molar-refractivity contribution in [2.24, 2.45) is 0 Å².